The molecule has 106 heavy (non-hydrogen) atoms. The van der Waals surface area contributed by atoms with Gasteiger partial charge in [-0.2, -0.15) is 0 Å². The van der Waals surface area contributed by atoms with Crippen molar-refractivity contribution in [3.05, 3.63) is 366 Å². The third-order valence-corrected chi connectivity index (χ3v) is 23.6. The molecule has 0 saturated heterocycles. The van der Waals surface area contributed by atoms with Crippen LogP contribution in [0.5, 0.6) is 0 Å². The maximum Gasteiger partial charge on any atom is 0.235 e. The van der Waals surface area contributed by atoms with Gasteiger partial charge in [-0.1, -0.05) is 240 Å². The van der Waals surface area contributed by atoms with Gasteiger partial charge in [-0.25, -0.2) is 29.9 Å². The van der Waals surface area contributed by atoms with Gasteiger partial charge in [0.15, 0.2) is 0 Å². The smallest absolute Gasteiger partial charge is 0.235 e. The highest BCUT2D eigenvalue weighted by Gasteiger charge is 2.47. The highest BCUT2D eigenvalue weighted by molar-refractivity contribution is 6.16. The van der Waals surface area contributed by atoms with E-state index < -0.39 is 5.41 Å². The number of hydrogen-bond acceptors (Lipinski definition) is 6. The van der Waals surface area contributed by atoms with Crippen molar-refractivity contribution in [2.75, 3.05) is 0 Å². The van der Waals surface area contributed by atoms with Crippen molar-refractivity contribution in [2.24, 2.45) is 0 Å². The Bertz CT molecular complexity index is 6830. The van der Waals surface area contributed by atoms with Crippen molar-refractivity contribution in [3.63, 3.8) is 0 Å². The molecule has 19 aromatic rings. The first kappa shape index (κ1) is 60.1. The monoisotopic (exact) mass is 1360 g/mol. The molecule has 6 aromatic heterocycles. The number of nitrogens with zero attached hydrogens (tertiary/aromatic N) is 9. The zero-order valence-corrected chi connectivity index (χ0v) is 58.6. The molecule has 0 fully saturated rings. The normalized spacial score (nSPS) is 14.1. The second kappa shape index (κ2) is 22.3. The summed E-state index contributed by atoms with van der Waals surface area (Å²) in [5.74, 6) is 1.85. The zero-order valence-electron chi connectivity index (χ0n) is 58.6. The van der Waals surface area contributed by atoms with Crippen LogP contribution in [0.1, 0.15) is 72.2 Å². The second-order valence-corrected chi connectivity index (χ2v) is 29.8. The van der Waals surface area contributed by atoms with Gasteiger partial charge in [-0.3, -0.25) is 13.7 Å². The number of benzene rings is 13. The summed E-state index contributed by atoms with van der Waals surface area (Å²) in [7, 11) is 0. The summed E-state index contributed by atoms with van der Waals surface area (Å²) in [6, 6.07) is 111. The van der Waals surface area contributed by atoms with Crippen LogP contribution in [0.15, 0.2) is 322 Å². The van der Waals surface area contributed by atoms with Crippen LogP contribution < -0.4 is 0 Å². The van der Waals surface area contributed by atoms with Gasteiger partial charge in [0, 0.05) is 78.4 Å². The standard InChI is InChI=1S/C97H65N9/c1-95(2)77-35-20-17-32-65(77)69-51-75-72-48-60(39-42-87(72)104(89(75)54-80(69)95)92-98-45-23-46-99-92)61-40-43-88-73(49-61)76-52-70-66-33-18-21-36-78(66)96(3,4)81(70)55-90(76)105(88)93-100-47-44-83(101-93)62-38-41-79-68(50-62)71-53-74-67-34-19-22-37-86(67)106(91(74)56-82(71)97(79,63-28-13-7-14-29-63)64-30-15-8-16-31-64)94-102-84(58-24-9-5-10-25-58)57-85(103-94)59-26-11-6-12-27-59/h5-57H,1-4H3. The summed E-state index contributed by atoms with van der Waals surface area (Å²) in [5, 5.41) is 6.79. The molecule has 6 heterocycles. The summed E-state index contributed by atoms with van der Waals surface area (Å²) in [6.07, 6.45) is 5.60. The number of rotatable bonds is 9. The average molecular weight is 1360 g/mol. The molecule has 0 spiro atoms. The molecule has 0 atom stereocenters. The molecule has 9 nitrogen and oxygen atoms in total. The largest absolute Gasteiger partial charge is 0.278 e. The van der Waals surface area contributed by atoms with E-state index in [2.05, 4.69) is 339 Å². The summed E-state index contributed by atoms with van der Waals surface area (Å²) in [5.41, 5.74) is 30.2. The Kier molecular flexibility index (Phi) is 12.6. The minimum absolute atomic E-state index is 0.180. The van der Waals surface area contributed by atoms with Crippen LogP contribution in [-0.2, 0) is 16.2 Å². The van der Waals surface area contributed by atoms with Crippen LogP contribution in [0.3, 0.4) is 0 Å². The molecule has 0 saturated carbocycles. The van der Waals surface area contributed by atoms with Crippen molar-refractivity contribution >= 4 is 65.4 Å². The third-order valence-electron chi connectivity index (χ3n) is 23.6. The van der Waals surface area contributed by atoms with Crippen LogP contribution >= 0.6 is 0 Å². The van der Waals surface area contributed by atoms with Crippen LogP contribution in [-0.4, -0.2) is 43.6 Å². The first-order chi connectivity index (χ1) is 52.1. The van der Waals surface area contributed by atoms with Crippen LogP contribution in [0.2, 0.25) is 0 Å². The third kappa shape index (κ3) is 8.47. The minimum atomic E-state index is -0.735. The number of aromatic nitrogens is 9. The topological polar surface area (TPSA) is 92.1 Å². The molecule has 0 aliphatic heterocycles. The zero-order chi connectivity index (χ0) is 70.3. The van der Waals surface area contributed by atoms with Crippen molar-refractivity contribution in [3.8, 4) is 96.1 Å². The predicted molar refractivity (Wildman–Crippen MR) is 430 cm³/mol. The Morgan fingerprint density at radius 1 is 0.226 bits per heavy atom. The Morgan fingerprint density at radius 2 is 0.642 bits per heavy atom. The first-order valence-corrected chi connectivity index (χ1v) is 36.5. The Balaban J connectivity index is 0.734. The summed E-state index contributed by atoms with van der Waals surface area (Å²) in [4.78, 5) is 31.7. The van der Waals surface area contributed by atoms with Crippen molar-refractivity contribution in [1.29, 1.82) is 0 Å². The van der Waals surface area contributed by atoms with Gasteiger partial charge in [0.05, 0.1) is 55.6 Å². The summed E-state index contributed by atoms with van der Waals surface area (Å²) < 4.78 is 6.84. The second-order valence-electron chi connectivity index (χ2n) is 29.8. The lowest BCUT2D eigenvalue weighted by Gasteiger charge is -2.34. The molecule has 498 valence electrons. The fraction of sp³-hybridized carbons (Fsp3) is 0.0722. The Hall–Kier alpha value is -13.5. The summed E-state index contributed by atoms with van der Waals surface area (Å²) >= 11 is 0. The van der Waals surface area contributed by atoms with E-state index in [-0.39, 0.29) is 10.8 Å². The molecule has 9 heteroatoms. The lowest BCUT2D eigenvalue weighted by atomic mass is 9.67. The fourth-order valence-corrected chi connectivity index (χ4v) is 18.6. The molecule has 22 rings (SSSR count). The van der Waals surface area contributed by atoms with Gasteiger partial charge in [0.1, 0.15) is 0 Å². The average Bonchev–Trinajstić information content (AvgIpc) is 1.55. The van der Waals surface area contributed by atoms with E-state index in [1.54, 1.807) is 0 Å². The Labute approximate surface area is 611 Å². The van der Waals surface area contributed by atoms with Crippen molar-refractivity contribution in [1.82, 2.24) is 43.6 Å². The van der Waals surface area contributed by atoms with E-state index in [1.165, 1.54) is 66.8 Å². The maximum absolute atomic E-state index is 5.72. The number of para-hydroxylation sites is 1. The summed E-state index contributed by atoms with van der Waals surface area (Å²) in [6.45, 7) is 9.40. The lowest BCUT2D eigenvalue weighted by molar-refractivity contribution is 0.660. The number of fused-ring (bicyclic) bond motifs is 18. The van der Waals surface area contributed by atoms with E-state index in [9.17, 15) is 0 Å². The van der Waals surface area contributed by atoms with E-state index in [0.29, 0.717) is 17.8 Å². The van der Waals surface area contributed by atoms with Crippen LogP contribution in [0.4, 0.5) is 0 Å². The molecule has 13 aromatic carbocycles. The van der Waals surface area contributed by atoms with Gasteiger partial charge >= 0.3 is 0 Å². The predicted octanol–water partition coefficient (Wildman–Crippen LogP) is 23.0. The highest BCUT2D eigenvalue weighted by Crippen LogP contribution is 2.59. The highest BCUT2D eigenvalue weighted by atomic mass is 15.2. The van der Waals surface area contributed by atoms with E-state index in [0.717, 1.165) is 121 Å². The maximum atomic E-state index is 5.72. The van der Waals surface area contributed by atoms with Gasteiger partial charge in [0.2, 0.25) is 17.8 Å². The number of hydrogen-bond donors (Lipinski definition) is 0. The first-order valence-electron chi connectivity index (χ1n) is 36.5. The molecule has 0 N–H and O–H groups in total. The quantitative estimate of drug-likeness (QED) is 0.143. The minimum Gasteiger partial charge on any atom is -0.278 e. The molecule has 3 aliphatic carbocycles. The van der Waals surface area contributed by atoms with E-state index >= 15 is 0 Å². The van der Waals surface area contributed by atoms with Crippen LogP contribution in [0.25, 0.3) is 162 Å². The van der Waals surface area contributed by atoms with Crippen molar-refractivity contribution in [2.45, 2.75) is 43.9 Å². The van der Waals surface area contributed by atoms with Gasteiger partial charge in [-0.05, 0) is 180 Å². The Morgan fingerprint density at radius 3 is 1.21 bits per heavy atom. The van der Waals surface area contributed by atoms with Gasteiger partial charge < -0.3 is 0 Å². The van der Waals surface area contributed by atoms with Crippen LogP contribution in [0, 0.1) is 0 Å². The van der Waals surface area contributed by atoms with Crippen molar-refractivity contribution < 1.29 is 0 Å². The SMILES string of the molecule is CC1(C)c2ccccc2-c2cc3c4cc(-c5ccc6c(c5)c5cc7c(cc5n6-c5nccc(-c6ccc8c(c6)-c6cc9c%10ccccc%10n(-c%10nc(-c%11ccccc%11)cc(-c%11ccccc%11)n%10)c9cc6C8(c6ccccc6)c6ccccc6)n5)C(C)(C)c5ccccc5-7)ccc4n(-c4ncccn4)c3cc21. The van der Waals surface area contributed by atoms with E-state index in [4.69, 9.17) is 29.9 Å². The molecule has 0 unspecified atom stereocenters. The molecule has 0 bridgehead atoms. The molecule has 0 amide bonds. The van der Waals surface area contributed by atoms with Gasteiger partial charge in [0.25, 0.3) is 0 Å². The van der Waals surface area contributed by atoms with Gasteiger partial charge in [-0.15, -0.1) is 0 Å². The molecular formula is C97H65N9. The fourth-order valence-electron chi connectivity index (χ4n) is 18.6. The van der Waals surface area contributed by atoms with E-state index in [1.807, 2.05) is 24.7 Å². The molecule has 3 aliphatic rings. The molecular weight excluding hydrogens is 1290 g/mol. The molecule has 0 radical (unpaired) electrons. The lowest BCUT2D eigenvalue weighted by Crippen LogP contribution is -2.28.